The zero-order chi connectivity index (χ0) is 17.6. The first-order chi connectivity index (χ1) is 11.2. The lowest BCUT2D eigenvalue weighted by atomic mass is 10.0. The van der Waals surface area contributed by atoms with Crippen molar-refractivity contribution in [2.24, 2.45) is 5.92 Å². The van der Waals surface area contributed by atoms with E-state index in [1.54, 1.807) is 16.2 Å². The number of carbonyl (C=O) groups excluding carboxylic acids is 2. The summed E-state index contributed by atoms with van der Waals surface area (Å²) in [6.45, 7) is 9.15. The number of thiophene rings is 1. The van der Waals surface area contributed by atoms with Gasteiger partial charge in [-0.05, 0) is 61.5 Å². The number of amides is 1. The van der Waals surface area contributed by atoms with Crippen LogP contribution in [0.25, 0.3) is 0 Å². The number of likely N-dealkylation sites (tertiary alicyclic amines) is 1. The Morgan fingerprint density at radius 2 is 2.04 bits per heavy atom. The van der Waals surface area contributed by atoms with Crippen molar-refractivity contribution < 1.29 is 19.1 Å². The SMILES string of the molecule is CCOC(=O)c1c(Br)sc2c1CC1CN(C(=O)OC(C)(C)C)CC21. The van der Waals surface area contributed by atoms with Crippen molar-refractivity contribution in [3.05, 3.63) is 19.8 Å². The summed E-state index contributed by atoms with van der Waals surface area (Å²) >= 11 is 5.10. The van der Waals surface area contributed by atoms with Gasteiger partial charge in [0.25, 0.3) is 0 Å². The first-order valence-electron chi connectivity index (χ1n) is 8.17. The van der Waals surface area contributed by atoms with Crippen LogP contribution in [0.5, 0.6) is 0 Å². The molecule has 0 N–H and O–H groups in total. The highest BCUT2D eigenvalue weighted by Gasteiger charge is 2.46. The Morgan fingerprint density at radius 1 is 1.33 bits per heavy atom. The monoisotopic (exact) mass is 415 g/mol. The first kappa shape index (κ1) is 17.7. The highest BCUT2D eigenvalue weighted by atomic mass is 79.9. The smallest absolute Gasteiger partial charge is 0.410 e. The topological polar surface area (TPSA) is 55.8 Å². The molecule has 7 heteroatoms. The molecule has 1 fully saturated rings. The summed E-state index contributed by atoms with van der Waals surface area (Å²) in [5.41, 5.74) is 1.29. The fourth-order valence-electron chi connectivity index (χ4n) is 3.47. The van der Waals surface area contributed by atoms with E-state index in [1.165, 1.54) is 4.88 Å². The molecule has 1 aliphatic carbocycles. The minimum Gasteiger partial charge on any atom is -0.462 e. The van der Waals surface area contributed by atoms with Gasteiger partial charge in [0.15, 0.2) is 0 Å². The predicted molar refractivity (Wildman–Crippen MR) is 95.7 cm³/mol. The van der Waals surface area contributed by atoms with Crippen LogP contribution in [0, 0.1) is 5.92 Å². The Kier molecular flexibility index (Phi) is 4.68. The van der Waals surface area contributed by atoms with Gasteiger partial charge >= 0.3 is 12.1 Å². The normalized spacial score (nSPS) is 22.3. The molecule has 5 nitrogen and oxygen atoms in total. The third-order valence-electron chi connectivity index (χ3n) is 4.37. The predicted octanol–water partition coefficient (Wildman–Crippen LogP) is 4.19. The summed E-state index contributed by atoms with van der Waals surface area (Å²) in [6, 6.07) is 0. The highest BCUT2D eigenvalue weighted by molar-refractivity contribution is 9.11. The number of hydrogen-bond acceptors (Lipinski definition) is 5. The minimum atomic E-state index is -0.483. The lowest BCUT2D eigenvalue weighted by molar-refractivity contribution is 0.0285. The maximum atomic E-state index is 12.3. The summed E-state index contributed by atoms with van der Waals surface area (Å²) in [6.07, 6.45) is 0.565. The second kappa shape index (κ2) is 6.33. The number of carbonyl (C=O) groups is 2. The number of rotatable bonds is 2. The number of fused-ring (bicyclic) bond motifs is 3. The van der Waals surface area contributed by atoms with Gasteiger partial charge in [0, 0.05) is 23.9 Å². The van der Waals surface area contributed by atoms with Crippen LogP contribution >= 0.6 is 27.3 Å². The quantitative estimate of drug-likeness (QED) is 0.679. The lowest BCUT2D eigenvalue weighted by Gasteiger charge is -2.24. The fourth-order valence-corrected chi connectivity index (χ4v) is 5.63. The average Bonchev–Trinajstić information content (AvgIpc) is 3.06. The van der Waals surface area contributed by atoms with Gasteiger partial charge < -0.3 is 14.4 Å². The molecular formula is C17H22BrNO4S. The molecule has 0 spiro atoms. The third kappa shape index (κ3) is 3.20. The Morgan fingerprint density at radius 3 is 2.67 bits per heavy atom. The maximum Gasteiger partial charge on any atom is 0.410 e. The van der Waals surface area contributed by atoms with E-state index < -0.39 is 5.60 Å². The van der Waals surface area contributed by atoms with E-state index in [0.29, 0.717) is 31.2 Å². The second-order valence-electron chi connectivity index (χ2n) is 7.27. The Hall–Kier alpha value is -1.08. The summed E-state index contributed by atoms with van der Waals surface area (Å²) in [4.78, 5) is 27.5. The first-order valence-corrected chi connectivity index (χ1v) is 9.78. The van der Waals surface area contributed by atoms with Crippen LogP contribution in [0.15, 0.2) is 3.79 Å². The van der Waals surface area contributed by atoms with Gasteiger partial charge in [-0.15, -0.1) is 11.3 Å². The molecule has 1 amide bonds. The largest absolute Gasteiger partial charge is 0.462 e. The molecule has 1 saturated heterocycles. The number of halogens is 1. The lowest BCUT2D eigenvalue weighted by Crippen LogP contribution is -2.35. The molecule has 1 aromatic heterocycles. The number of esters is 1. The number of ether oxygens (including phenoxy) is 2. The zero-order valence-electron chi connectivity index (χ0n) is 14.3. The fraction of sp³-hybridized carbons (Fsp3) is 0.647. The Bertz CT molecular complexity index is 679. The Labute approximate surface area is 154 Å². The molecule has 1 aliphatic heterocycles. The molecule has 2 aliphatic rings. The van der Waals surface area contributed by atoms with E-state index in [0.717, 1.165) is 15.8 Å². The molecule has 132 valence electrons. The van der Waals surface area contributed by atoms with E-state index in [-0.39, 0.29) is 18.0 Å². The van der Waals surface area contributed by atoms with Crippen molar-refractivity contribution >= 4 is 39.3 Å². The van der Waals surface area contributed by atoms with Crippen LogP contribution in [-0.2, 0) is 15.9 Å². The van der Waals surface area contributed by atoms with Gasteiger partial charge in [-0.3, -0.25) is 0 Å². The molecule has 0 saturated carbocycles. The van der Waals surface area contributed by atoms with Gasteiger partial charge in [-0.25, -0.2) is 9.59 Å². The van der Waals surface area contributed by atoms with Crippen molar-refractivity contribution in [1.82, 2.24) is 4.90 Å². The molecule has 1 aromatic rings. The van der Waals surface area contributed by atoms with Crippen molar-refractivity contribution in [3.63, 3.8) is 0 Å². The van der Waals surface area contributed by atoms with Crippen LogP contribution < -0.4 is 0 Å². The standard InChI is InChI=1S/C17H22BrNO4S/c1-5-22-15(20)12-10-6-9-7-19(16(21)23-17(2,3)4)8-11(9)13(10)24-14(12)18/h9,11H,5-8H2,1-4H3. The van der Waals surface area contributed by atoms with E-state index in [2.05, 4.69) is 15.9 Å². The van der Waals surface area contributed by atoms with Crippen molar-refractivity contribution in [2.75, 3.05) is 19.7 Å². The van der Waals surface area contributed by atoms with Crippen LogP contribution in [0.1, 0.15) is 54.4 Å². The average molecular weight is 416 g/mol. The Balaban J connectivity index is 1.77. The van der Waals surface area contributed by atoms with E-state index >= 15 is 0 Å². The van der Waals surface area contributed by atoms with Gasteiger partial charge in [-0.2, -0.15) is 0 Å². The maximum absolute atomic E-state index is 12.3. The van der Waals surface area contributed by atoms with Gasteiger partial charge in [-0.1, -0.05) is 0 Å². The summed E-state index contributed by atoms with van der Waals surface area (Å²) in [7, 11) is 0. The van der Waals surface area contributed by atoms with Gasteiger partial charge in [0.2, 0.25) is 0 Å². The molecule has 2 atom stereocenters. The molecular weight excluding hydrogens is 394 g/mol. The molecule has 2 heterocycles. The minimum absolute atomic E-state index is 0.250. The van der Waals surface area contributed by atoms with Crippen LogP contribution in [0.2, 0.25) is 0 Å². The molecule has 0 aromatic carbocycles. The number of nitrogens with zero attached hydrogens (tertiary/aromatic N) is 1. The third-order valence-corrected chi connectivity index (χ3v) is 6.41. The molecule has 3 rings (SSSR count). The van der Waals surface area contributed by atoms with Gasteiger partial charge in [0.05, 0.1) is 16.0 Å². The second-order valence-corrected chi connectivity index (χ2v) is 9.64. The molecule has 2 unspecified atom stereocenters. The molecule has 24 heavy (non-hydrogen) atoms. The molecule has 0 bridgehead atoms. The van der Waals surface area contributed by atoms with E-state index in [4.69, 9.17) is 9.47 Å². The molecule has 0 radical (unpaired) electrons. The van der Waals surface area contributed by atoms with E-state index in [1.807, 2.05) is 27.7 Å². The van der Waals surface area contributed by atoms with E-state index in [9.17, 15) is 9.59 Å². The van der Waals surface area contributed by atoms with Crippen LogP contribution in [0.4, 0.5) is 4.79 Å². The highest BCUT2D eigenvalue weighted by Crippen LogP contribution is 2.50. The van der Waals surface area contributed by atoms with Crippen molar-refractivity contribution in [1.29, 1.82) is 0 Å². The van der Waals surface area contributed by atoms with Crippen LogP contribution in [0.3, 0.4) is 0 Å². The number of hydrogen-bond donors (Lipinski definition) is 0. The summed E-state index contributed by atoms with van der Waals surface area (Å²) in [5.74, 6) is 0.392. The van der Waals surface area contributed by atoms with Gasteiger partial charge in [0.1, 0.15) is 5.60 Å². The summed E-state index contributed by atoms with van der Waals surface area (Å²) < 4.78 is 11.5. The van der Waals surface area contributed by atoms with Crippen molar-refractivity contribution in [2.45, 2.75) is 45.6 Å². The zero-order valence-corrected chi connectivity index (χ0v) is 16.8. The summed E-state index contributed by atoms with van der Waals surface area (Å²) in [5, 5.41) is 0. The van der Waals surface area contributed by atoms with Crippen LogP contribution in [-0.4, -0.2) is 42.3 Å². The van der Waals surface area contributed by atoms with Crippen molar-refractivity contribution in [3.8, 4) is 0 Å².